The number of nitrogens with one attached hydrogen (secondary N) is 1. The van der Waals surface area contributed by atoms with E-state index in [9.17, 15) is 4.79 Å². The van der Waals surface area contributed by atoms with Crippen LogP contribution in [0.1, 0.15) is 27.5 Å². The van der Waals surface area contributed by atoms with Crippen LogP contribution in [0.2, 0.25) is 0 Å². The van der Waals surface area contributed by atoms with Gasteiger partial charge in [0.1, 0.15) is 0 Å². The number of amides is 1. The van der Waals surface area contributed by atoms with Gasteiger partial charge in [-0.2, -0.15) is 0 Å². The van der Waals surface area contributed by atoms with Crippen LogP contribution in [0.3, 0.4) is 0 Å². The molecular weight excluding hydrogens is 421 g/mol. The molecule has 1 N–H and O–H groups in total. The van der Waals surface area contributed by atoms with Crippen LogP contribution < -0.4 is 5.32 Å². The molecule has 0 saturated carbocycles. The summed E-state index contributed by atoms with van der Waals surface area (Å²) in [6.07, 6.45) is 3.63. The molecule has 1 amide bonds. The molecule has 1 aromatic heterocycles. The van der Waals surface area contributed by atoms with Gasteiger partial charge in [0.25, 0.3) is 5.91 Å². The number of likely N-dealkylation sites (N-methyl/N-ethyl adjacent to an activating group) is 1. The third-order valence-corrected chi connectivity index (χ3v) is 5.78. The van der Waals surface area contributed by atoms with E-state index in [0.29, 0.717) is 6.54 Å². The SMILES string of the molecule is CN1CCN(Cc2ccc(C(=O)N3CCNCC3c3cccnc3)cc2)CC1.Cl.Cl. The quantitative estimate of drug-likeness (QED) is 0.773. The summed E-state index contributed by atoms with van der Waals surface area (Å²) in [4.78, 5) is 24.2. The molecule has 0 aliphatic carbocycles. The second-order valence-electron chi connectivity index (χ2n) is 7.78. The van der Waals surface area contributed by atoms with E-state index in [1.807, 2.05) is 35.4 Å². The van der Waals surface area contributed by atoms with Crippen molar-refractivity contribution in [2.75, 3.05) is 52.9 Å². The zero-order chi connectivity index (χ0) is 19.3. The van der Waals surface area contributed by atoms with Crippen LogP contribution in [0.4, 0.5) is 0 Å². The molecule has 2 fully saturated rings. The summed E-state index contributed by atoms with van der Waals surface area (Å²) in [5.74, 6) is 0.0986. The second kappa shape index (κ2) is 11.6. The maximum Gasteiger partial charge on any atom is 0.254 e. The van der Waals surface area contributed by atoms with Crippen molar-refractivity contribution in [3.8, 4) is 0 Å². The highest BCUT2D eigenvalue weighted by molar-refractivity contribution is 5.94. The van der Waals surface area contributed by atoms with E-state index in [2.05, 4.69) is 39.3 Å². The number of rotatable bonds is 4. The van der Waals surface area contributed by atoms with Gasteiger partial charge in [-0.15, -0.1) is 24.8 Å². The average molecular weight is 452 g/mol. The van der Waals surface area contributed by atoms with Gasteiger partial charge in [0.05, 0.1) is 6.04 Å². The van der Waals surface area contributed by atoms with Crippen LogP contribution in [0.25, 0.3) is 0 Å². The summed E-state index contributed by atoms with van der Waals surface area (Å²) in [6, 6.07) is 12.2. The fourth-order valence-electron chi connectivity index (χ4n) is 4.00. The Labute approximate surface area is 191 Å². The maximum absolute atomic E-state index is 13.2. The molecule has 3 heterocycles. The molecule has 1 unspecified atom stereocenters. The second-order valence-corrected chi connectivity index (χ2v) is 7.78. The number of benzene rings is 1. The Kier molecular flexibility index (Phi) is 9.52. The van der Waals surface area contributed by atoms with Crippen LogP contribution in [0.5, 0.6) is 0 Å². The lowest BCUT2D eigenvalue weighted by atomic mass is 10.0. The van der Waals surface area contributed by atoms with Crippen LogP contribution in [-0.2, 0) is 6.54 Å². The fourth-order valence-corrected chi connectivity index (χ4v) is 4.00. The van der Waals surface area contributed by atoms with Gasteiger partial charge in [-0.05, 0) is 36.4 Å². The molecule has 8 heteroatoms. The van der Waals surface area contributed by atoms with Gasteiger partial charge in [0.15, 0.2) is 0 Å². The lowest BCUT2D eigenvalue weighted by Gasteiger charge is -2.36. The van der Waals surface area contributed by atoms with Crippen molar-refractivity contribution in [3.05, 3.63) is 65.5 Å². The van der Waals surface area contributed by atoms with E-state index in [4.69, 9.17) is 0 Å². The number of carbonyl (C=O) groups excluding carboxylic acids is 1. The minimum absolute atomic E-state index is 0. The van der Waals surface area contributed by atoms with Gasteiger partial charge < -0.3 is 15.1 Å². The molecule has 2 aromatic rings. The standard InChI is InChI=1S/C22H29N5O.2ClH/c1-25-11-13-26(14-12-25)17-18-4-6-19(7-5-18)22(28)27-10-9-24-16-21(27)20-3-2-8-23-15-20;;/h2-8,15,21,24H,9-14,16-17H2,1H3;2*1H. The van der Waals surface area contributed by atoms with E-state index >= 15 is 0 Å². The first-order chi connectivity index (χ1) is 13.7. The predicted octanol–water partition coefficient (Wildman–Crippen LogP) is 2.46. The van der Waals surface area contributed by atoms with Gasteiger partial charge in [0.2, 0.25) is 0 Å². The first-order valence-electron chi connectivity index (χ1n) is 10.1. The third-order valence-electron chi connectivity index (χ3n) is 5.78. The Morgan fingerprint density at radius 2 is 1.80 bits per heavy atom. The van der Waals surface area contributed by atoms with Gasteiger partial charge in [-0.3, -0.25) is 14.7 Å². The van der Waals surface area contributed by atoms with Gasteiger partial charge >= 0.3 is 0 Å². The average Bonchev–Trinajstić information content (AvgIpc) is 2.76. The predicted molar refractivity (Wildman–Crippen MR) is 125 cm³/mol. The lowest BCUT2D eigenvalue weighted by Crippen LogP contribution is -2.48. The number of piperazine rings is 2. The summed E-state index contributed by atoms with van der Waals surface area (Å²) < 4.78 is 0. The molecule has 0 spiro atoms. The summed E-state index contributed by atoms with van der Waals surface area (Å²) in [6.45, 7) is 7.69. The fraction of sp³-hybridized carbons (Fsp3) is 0.455. The molecule has 2 saturated heterocycles. The smallest absolute Gasteiger partial charge is 0.254 e. The molecule has 2 aliphatic heterocycles. The number of halogens is 2. The maximum atomic E-state index is 13.2. The Bertz CT molecular complexity index is 782. The van der Waals surface area contributed by atoms with Crippen molar-refractivity contribution in [3.63, 3.8) is 0 Å². The summed E-state index contributed by atoms with van der Waals surface area (Å²) >= 11 is 0. The molecule has 164 valence electrons. The van der Waals surface area contributed by atoms with Crippen molar-refractivity contribution in [1.29, 1.82) is 0 Å². The number of hydrogen-bond acceptors (Lipinski definition) is 5. The van der Waals surface area contributed by atoms with Crippen molar-refractivity contribution in [2.45, 2.75) is 12.6 Å². The molecule has 30 heavy (non-hydrogen) atoms. The minimum Gasteiger partial charge on any atom is -0.329 e. The molecular formula is C22H31Cl2N5O. The van der Waals surface area contributed by atoms with Crippen LogP contribution in [-0.4, -0.2) is 78.5 Å². The van der Waals surface area contributed by atoms with Crippen LogP contribution in [0, 0.1) is 0 Å². The van der Waals surface area contributed by atoms with E-state index in [-0.39, 0.29) is 36.8 Å². The van der Waals surface area contributed by atoms with Crippen molar-refractivity contribution < 1.29 is 4.79 Å². The van der Waals surface area contributed by atoms with Crippen molar-refractivity contribution in [1.82, 2.24) is 25.0 Å². The van der Waals surface area contributed by atoms with Gasteiger partial charge in [0, 0.05) is 70.3 Å². The highest BCUT2D eigenvalue weighted by atomic mass is 35.5. The number of pyridine rings is 1. The lowest BCUT2D eigenvalue weighted by molar-refractivity contribution is 0.0634. The summed E-state index contributed by atoms with van der Waals surface area (Å²) in [5.41, 5.74) is 3.11. The first-order valence-corrected chi connectivity index (χ1v) is 10.1. The number of hydrogen-bond donors (Lipinski definition) is 1. The molecule has 4 rings (SSSR count). The Morgan fingerprint density at radius 3 is 2.47 bits per heavy atom. The van der Waals surface area contributed by atoms with Crippen molar-refractivity contribution >= 4 is 30.7 Å². The number of aromatic nitrogens is 1. The Balaban J connectivity index is 0.00000160. The largest absolute Gasteiger partial charge is 0.329 e. The van der Waals surface area contributed by atoms with E-state index in [0.717, 1.165) is 56.9 Å². The topological polar surface area (TPSA) is 51.7 Å². The Hall–Kier alpha value is -1.70. The minimum atomic E-state index is 0. The molecule has 6 nitrogen and oxygen atoms in total. The molecule has 0 radical (unpaired) electrons. The van der Waals surface area contributed by atoms with Crippen molar-refractivity contribution in [2.24, 2.45) is 0 Å². The highest BCUT2D eigenvalue weighted by Crippen LogP contribution is 2.24. The number of nitrogens with zero attached hydrogens (tertiary/aromatic N) is 4. The third kappa shape index (κ3) is 5.93. The summed E-state index contributed by atoms with van der Waals surface area (Å²) in [7, 11) is 2.17. The highest BCUT2D eigenvalue weighted by Gasteiger charge is 2.28. The van der Waals surface area contributed by atoms with E-state index in [1.54, 1.807) is 6.20 Å². The van der Waals surface area contributed by atoms with Crippen LogP contribution in [0.15, 0.2) is 48.8 Å². The number of carbonyl (C=O) groups is 1. The van der Waals surface area contributed by atoms with Gasteiger partial charge in [-0.1, -0.05) is 18.2 Å². The van der Waals surface area contributed by atoms with Gasteiger partial charge in [-0.25, -0.2) is 0 Å². The molecule has 0 bridgehead atoms. The zero-order valence-corrected chi connectivity index (χ0v) is 19.0. The normalized spacial score (nSPS) is 20.2. The molecule has 1 atom stereocenters. The first kappa shape index (κ1) is 24.6. The molecule has 1 aromatic carbocycles. The monoisotopic (exact) mass is 451 g/mol. The Morgan fingerprint density at radius 1 is 1.07 bits per heavy atom. The van der Waals surface area contributed by atoms with E-state index in [1.165, 1.54) is 5.56 Å². The van der Waals surface area contributed by atoms with Crippen LogP contribution >= 0.6 is 24.8 Å². The summed E-state index contributed by atoms with van der Waals surface area (Å²) in [5, 5.41) is 3.40. The van der Waals surface area contributed by atoms with E-state index < -0.39 is 0 Å². The zero-order valence-electron chi connectivity index (χ0n) is 17.4. The molecule has 2 aliphatic rings.